The van der Waals surface area contributed by atoms with Crippen LogP contribution in [0.2, 0.25) is 0 Å². The Kier molecular flexibility index (Phi) is 3.07. The van der Waals surface area contributed by atoms with Gasteiger partial charge in [0.1, 0.15) is 11.6 Å². The van der Waals surface area contributed by atoms with Crippen LogP contribution in [0, 0.1) is 11.6 Å². The van der Waals surface area contributed by atoms with Crippen LogP contribution >= 0.6 is 0 Å². The molecule has 0 radical (unpaired) electrons. The fourth-order valence-electron chi connectivity index (χ4n) is 2.75. The van der Waals surface area contributed by atoms with Crippen LogP contribution in [-0.4, -0.2) is 13.1 Å². The standard InChI is InChI=1S/C16H15F2N/c17-14-6-12(7-15(18)8-14)9-16(10-19-11-16)13-4-2-1-3-5-13/h1-8,19H,9-11H2. The molecule has 1 N–H and O–H groups in total. The van der Waals surface area contributed by atoms with Gasteiger partial charge in [-0.05, 0) is 29.7 Å². The summed E-state index contributed by atoms with van der Waals surface area (Å²) in [5.41, 5.74) is 1.89. The van der Waals surface area contributed by atoms with E-state index < -0.39 is 11.6 Å². The maximum absolute atomic E-state index is 13.3. The Morgan fingerprint density at radius 2 is 1.58 bits per heavy atom. The smallest absolute Gasteiger partial charge is 0.126 e. The Hall–Kier alpha value is -1.74. The highest BCUT2D eigenvalue weighted by molar-refractivity contribution is 5.33. The maximum atomic E-state index is 13.3. The average molecular weight is 259 g/mol. The molecule has 1 heterocycles. The van der Waals surface area contributed by atoms with Gasteiger partial charge in [-0.3, -0.25) is 0 Å². The lowest BCUT2D eigenvalue weighted by atomic mass is 9.71. The summed E-state index contributed by atoms with van der Waals surface area (Å²) in [6.45, 7) is 1.68. The van der Waals surface area contributed by atoms with E-state index in [1.165, 1.54) is 17.7 Å². The van der Waals surface area contributed by atoms with Crippen molar-refractivity contribution in [1.82, 2.24) is 5.32 Å². The van der Waals surface area contributed by atoms with Gasteiger partial charge in [0.15, 0.2) is 0 Å². The van der Waals surface area contributed by atoms with Crippen molar-refractivity contribution < 1.29 is 8.78 Å². The molecular formula is C16H15F2N. The van der Waals surface area contributed by atoms with Crippen molar-refractivity contribution in [1.29, 1.82) is 0 Å². The second kappa shape index (κ2) is 4.74. The number of hydrogen-bond acceptors (Lipinski definition) is 1. The van der Waals surface area contributed by atoms with Crippen LogP contribution in [0.5, 0.6) is 0 Å². The van der Waals surface area contributed by atoms with Crippen LogP contribution in [-0.2, 0) is 11.8 Å². The molecule has 0 aromatic heterocycles. The highest BCUT2D eigenvalue weighted by Crippen LogP contribution is 2.32. The third-order valence-electron chi connectivity index (χ3n) is 3.78. The molecule has 1 aliphatic heterocycles. The summed E-state index contributed by atoms with van der Waals surface area (Å²) in [5.74, 6) is -1.02. The number of hydrogen-bond donors (Lipinski definition) is 1. The summed E-state index contributed by atoms with van der Waals surface area (Å²) in [7, 11) is 0. The minimum atomic E-state index is -0.509. The highest BCUT2D eigenvalue weighted by Gasteiger charge is 2.38. The number of halogens is 2. The molecule has 2 aromatic rings. The van der Waals surface area contributed by atoms with Crippen molar-refractivity contribution in [2.45, 2.75) is 11.8 Å². The van der Waals surface area contributed by atoms with Gasteiger partial charge in [-0.25, -0.2) is 8.78 Å². The van der Waals surface area contributed by atoms with Gasteiger partial charge in [0.05, 0.1) is 0 Å². The normalized spacial score (nSPS) is 16.9. The Morgan fingerprint density at radius 3 is 2.11 bits per heavy atom. The Bertz CT molecular complexity index is 556. The summed E-state index contributed by atoms with van der Waals surface area (Å²) >= 11 is 0. The summed E-state index contributed by atoms with van der Waals surface area (Å²) in [5, 5.41) is 3.26. The van der Waals surface area contributed by atoms with Crippen molar-refractivity contribution in [3.63, 3.8) is 0 Å². The van der Waals surface area contributed by atoms with Gasteiger partial charge in [-0.15, -0.1) is 0 Å². The minimum absolute atomic E-state index is 0.0402. The third kappa shape index (κ3) is 2.38. The largest absolute Gasteiger partial charge is 0.315 e. The monoisotopic (exact) mass is 259 g/mol. The van der Waals surface area contributed by atoms with Crippen molar-refractivity contribution in [2.24, 2.45) is 0 Å². The van der Waals surface area contributed by atoms with Gasteiger partial charge in [-0.2, -0.15) is 0 Å². The quantitative estimate of drug-likeness (QED) is 0.893. The van der Waals surface area contributed by atoms with Crippen LogP contribution in [0.25, 0.3) is 0 Å². The second-order valence-electron chi connectivity index (χ2n) is 5.20. The zero-order valence-electron chi connectivity index (χ0n) is 10.5. The summed E-state index contributed by atoms with van der Waals surface area (Å²) in [6.07, 6.45) is 0.651. The summed E-state index contributed by atoms with van der Waals surface area (Å²) in [6, 6.07) is 13.9. The molecule has 0 spiro atoms. The van der Waals surface area contributed by atoms with Gasteiger partial charge < -0.3 is 5.32 Å². The fraction of sp³-hybridized carbons (Fsp3) is 0.250. The lowest BCUT2D eigenvalue weighted by molar-refractivity contribution is 0.274. The molecule has 19 heavy (non-hydrogen) atoms. The second-order valence-corrected chi connectivity index (χ2v) is 5.20. The molecule has 1 saturated heterocycles. The molecule has 0 aliphatic carbocycles. The first kappa shape index (κ1) is 12.3. The average Bonchev–Trinajstić information content (AvgIpc) is 2.34. The maximum Gasteiger partial charge on any atom is 0.126 e. The van der Waals surface area contributed by atoms with E-state index in [1.54, 1.807) is 0 Å². The highest BCUT2D eigenvalue weighted by atomic mass is 19.1. The zero-order chi connectivity index (χ0) is 13.3. The molecule has 0 saturated carbocycles. The predicted molar refractivity (Wildman–Crippen MR) is 71.1 cm³/mol. The molecule has 98 valence electrons. The number of rotatable bonds is 3. The van der Waals surface area contributed by atoms with Gasteiger partial charge in [-0.1, -0.05) is 30.3 Å². The molecule has 0 atom stereocenters. The molecule has 0 amide bonds. The van der Waals surface area contributed by atoms with Crippen LogP contribution in [0.15, 0.2) is 48.5 Å². The van der Waals surface area contributed by atoms with E-state index in [-0.39, 0.29) is 5.41 Å². The van der Waals surface area contributed by atoms with Crippen LogP contribution in [0.1, 0.15) is 11.1 Å². The Balaban J connectivity index is 1.91. The number of nitrogens with one attached hydrogen (secondary N) is 1. The van der Waals surface area contributed by atoms with E-state index in [0.717, 1.165) is 19.2 Å². The predicted octanol–water partition coefficient (Wildman–Crippen LogP) is 3.05. The van der Waals surface area contributed by atoms with Crippen LogP contribution in [0.3, 0.4) is 0 Å². The zero-order valence-corrected chi connectivity index (χ0v) is 10.5. The van der Waals surface area contributed by atoms with E-state index in [0.29, 0.717) is 12.0 Å². The van der Waals surface area contributed by atoms with E-state index in [4.69, 9.17) is 0 Å². The lowest BCUT2D eigenvalue weighted by Gasteiger charge is -2.43. The molecule has 0 bridgehead atoms. The summed E-state index contributed by atoms with van der Waals surface area (Å²) in [4.78, 5) is 0. The molecule has 3 heteroatoms. The SMILES string of the molecule is Fc1cc(F)cc(CC2(c3ccccc3)CNC2)c1. The van der Waals surface area contributed by atoms with E-state index in [2.05, 4.69) is 17.4 Å². The van der Waals surface area contributed by atoms with E-state index in [9.17, 15) is 8.78 Å². The minimum Gasteiger partial charge on any atom is -0.315 e. The molecular weight excluding hydrogens is 244 g/mol. The first-order valence-electron chi connectivity index (χ1n) is 6.39. The van der Waals surface area contributed by atoms with Crippen molar-refractivity contribution in [2.75, 3.05) is 13.1 Å². The molecule has 2 aromatic carbocycles. The van der Waals surface area contributed by atoms with Gasteiger partial charge in [0.25, 0.3) is 0 Å². The fourth-order valence-corrected chi connectivity index (χ4v) is 2.75. The van der Waals surface area contributed by atoms with E-state index >= 15 is 0 Å². The van der Waals surface area contributed by atoms with Crippen molar-refractivity contribution in [3.8, 4) is 0 Å². The molecule has 1 aliphatic rings. The lowest BCUT2D eigenvalue weighted by Crippen LogP contribution is -2.58. The van der Waals surface area contributed by atoms with Gasteiger partial charge >= 0.3 is 0 Å². The van der Waals surface area contributed by atoms with Gasteiger partial charge in [0, 0.05) is 24.6 Å². The Labute approximate surface area is 111 Å². The molecule has 1 nitrogen and oxygen atoms in total. The van der Waals surface area contributed by atoms with Crippen LogP contribution < -0.4 is 5.32 Å². The van der Waals surface area contributed by atoms with E-state index in [1.807, 2.05) is 18.2 Å². The third-order valence-corrected chi connectivity index (χ3v) is 3.78. The number of benzene rings is 2. The molecule has 0 unspecified atom stereocenters. The molecule has 1 fully saturated rings. The molecule has 3 rings (SSSR count). The topological polar surface area (TPSA) is 12.0 Å². The van der Waals surface area contributed by atoms with Crippen molar-refractivity contribution >= 4 is 0 Å². The summed E-state index contributed by atoms with van der Waals surface area (Å²) < 4.78 is 26.5. The first-order chi connectivity index (χ1) is 9.18. The first-order valence-corrected chi connectivity index (χ1v) is 6.39. The Morgan fingerprint density at radius 1 is 0.947 bits per heavy atom. The van der Waals surface area contributed by atoms with Crippen LogP contribution in [0.4, 0.5) is 8.78 Å². The van der Waals surface area contributed by atoms with Gasteiger partial charge in [0.2, 0.25) is 0 Å². The van der Waals surface area contributed by atoms with Crippen molar-refractivity contribution in [3.05, 3.63) is 71.3 Å².